The second-order valence-corrected chi connectivity index (χ2v) is 6.12. The van der Waals surface area contributed by atoms with Crippen molar-refractivity contribution in [1.29, 1.82) is 0 Å². The van der Waals surface area contributed by atoms with Crippen molar-refractivity contribution in [3.8, 4) is 0 Å². The standard InChI is InChI=1S/C13H24N2O3/c1-9-8-14(5)10(6-7-11(16)17)12(18)15(9)13(2,3)4/h9-10H,6-8H2,1-5H3,(H,16,17). The fraction of sp³-hybridized carbons (Fsp3) is 0.846. The van der Waals surface area contributed by atoms with E-state index in [1.54, 1.807) is 0 Å². The molecule has 2 unspecified atom stereocenters. The third-order valence-electron chi connectivity index (χ3n) is 3.40. The van der Waals surface area contributed by atoms with E-state index in [9.17, 15) is 9.59 Å². The average molecular weight is 256 g/mol. The summed E-state index contributed by atoms with van der Waals surface area (Å²) in [6.45, 7) is 8.86. The van der Waals surface area contributed by atoms with Crippen molar-refractivity contribution in [2.24, 2.45) is 0 Å². The highest BCUT2D eigenvalue weighted by atomic mass is 16.4. The van der Waals surface area contributed by atoms with Crippen LogP contribution in [0.2, 0.25) is 0 Å². The fourth-order valence-corrected chi connectivity index (χ4v) is 2.79. The van der Waals surface area contributed by atoms with Crippen molar-refractivity contribution in [2.45, 2.75) is 58.2 Å². The monoisotopic (exact) mass is 256 g/mol. The summed E-state index contributed by atoms with van der Waals surface area (Å²) >= 11 is 0. The van der Waals surface area contributed by atoms with Gasteiger partial charge in [-0.1, -0.05) is 0 Å². The number of carboxylic acids is 1. The number of rotatable bonds is 3. The highest BCUT2D eigenvalue weighted by molar-refractivity contribution is 5.84. The Bertz CT molecular complexity index is 336. The minimum Gasteiger partial charge on any atom is -0.481 e. The lowest BCUT2D eigenvalue weighted by Gasteiger charge is -2.49. The topological polar surface area (TPSA) is 60.9 Å². The predicted molar refractivity (Wildman–Crippen MR) is 69.3 cm³/mol. The van der Waals surface area contributed by atoms with Gasteiger partial charge in [-0.05, 0) is 41.2 Å². The SMILES string of the molecule is CC1CN(C)C(CCC(=O)O)C(=O)N1C(C)(C)C. The minimum atomic E-state index is -0.850. The van der Waals surface area contributed by atoms with Gasteiger partial charge in [0.15, 0.2) is 0 Å². The number of carbonyl (C=O) groups is 2. The van der Waals surface area contributed by atoms with Crippen LogP contribution in [0.5, 0.6) is 0 Å². The quantitative estimate of drug-likeness (QED) is 0.823. The Morgan fingerprint density at radius 1 is 1.44 bits per heavy atom. The highest BCUT2D eigenvalue weighted by Gasteiger charge is 2.41. The molecule has 1 N–H and O–H groups in total. The molecule has 18 heavy (non-hydrogen) atoms. The number of hydrogen-bond acceptors (Lipinski definition) is 3. The number of amides is 1. The first-order valence-corrected chi connectivity index (χ1v) is 6.39. The summed E-state index contributed by atoms with van der Waals surface area (Å²) < 4.78 is 0. The van der Waals surface area contributed by atoms with Gasteiger partial charge in [0.05, 0.1) is 6.04 Å². The van der Waals surface area contributed by atoms with Crippen LogP contribution >= 0.6 is 0 Å². The van der Waals surface area contributed by atoms with Gasteiger partial charge in [-0.25, -0.2) is 0 Å². The Hall–Kier alpha value is -1.10. The molecule has 0 radical (unpaired) electrons. The Morgan fingerprint density at radius 3 is 2.44 bits per heavy atom. The van der Waals surface area contributed by atoms with Crippen molar-refractivity contribution in [1.82, 2.24) is 9.80 Å². The number of carbonyl (C=O) groups excluding carboxylic acids is 1. The van der Waals surface area contributed by atoms with Crippen LogP contribution in [0.25, 0.3) is 0 Å². The number of likely N-dealkylation sites (N-methyl/N-ethyl adjacent to an activating group) is 1. The van der Waals surface area contributed by atoms with E-state index in [1.807, 2.05) is 44.5 Å². The molecule has 0 aromatic rings. The number of nitrogens with zero attached hydrogens (tertiary/aromatic N) is 2. The van der Waals surface area contributed by atoms with Gasteiger partial charge < -0.3 is 10.0 Å². The van der Waals surface area contributed by atoms with Crippen LogP contribution in [-0.4, -0.2) is 58.0 Å². The van der Waals surface area contributed by atoms with E-state index < -0.39 is 5.97 Å². The van der Waals surface area contributed by atoms with Gasteiger partial charge in [0, 0.05) is 24.5 Å². The minimum absolute atomic E-state index is 0.0348. The summed E-state index contributed by atoms with van der Waals surface area (Å²) in [5, 5.41) is 8.75. The Kier molecular flexibility index (Phi) is 4.37. The highest BCUT2D eigenvalue weighted by Crippen LogP contribution is 2.26. The molecule has 0 spiro atoms. The maximum atomic E-state index is 12.5. The molecule has 1 heterocycles. The maximum absolute atomic E-state index is 12.5. The van der Waals surface area contributed by atoms with E-state index in [-0.39, 0.29) is 30.0 Å². The largest absolute Gasteiger partial charge is 0.481 e. The first kappa shape index (κ1) is 15.0. The summed E-state index contributed by atoms with van der Waals surface area (Å²) in [5.74, 6) is -0.804. The van der Waals surface area contributed by atoms with E-state index in [1.165, 1.54) is 0 Å². The molecule has 5 heteroatoms. The van der Waals surface area contributed by atoms with Gasteiger partial charge in [-0.15, -0.1) is 0 Å². The lowest BCUT2D eigenvalue weighted by Crippen LogP contribution is -2.64. The molecule has 1 amide bonds. The molecule has 1 rings (SSSR count). The Morgan fingerprint density at radius 2 is 2.00 bits per heavy atom. The van der Waals surface area contributed by atoms with Crippen molar-refractivity contribution < 1.29 is 14.7 Å². The third kappa shape index (κ3) is 3.22. The number of aliphatic carboxylic acids is 1. The number of piperazine rings is 1. The molecule has 0 aromatic heterocycles. The summed E-state index contributed by atoms with van der Waals surface area (Å²) in [5.41, 5.74) is -0.223. The van der Waals surface area contributed by atoms with Crippen molar-refractivity contribution >= 4 is 11.9 Å². The van der Waals surface area contributed by atoms with Gasteiger partial charge in [0.1, 0.15) is 0 Å². The van der Waals surface area contributed by atoms with Gasteiger partial charge in [-0.3, -0.25) is 14.5 Å². The molecule has 1 saturated heterocycles. The third-order valence-corrected chi connectivity index (χ3v) is 3.40. The predicted octanol–water partition coefficient (Wildman–Crippen LogP) is 1.18. The van der Waals surface area contributed by atoms with Crippen LogP contribution in [0.3, 0.4) is 0 Å². The second kappa shape index (κ2) is 5.26. The summed E-state index contributed by atoms with van der Waals surface area (Å²) in [7, 11) is 1.89. The molecule has 104 valence electrons. The molecule has 5 nitrogen and oxygen atoms in total. The summed E-state index contributed by atoms with van der Waals surface area (Å²) in [6, 6.07) is -0.153. The molecular formula is C13H24N2O3. The van der Waals surface area contributed by atoms with Gasteiger partial charge >= 0.3 is 5.97 Å². The zero-order chi connectivity index (χ0) is 14.1. The fourth-order valence-electron chi connectivity index (χ4n) is 2.79. The molecule has 1 fully saturated rings. The van der Waals surface area contributed by atoms with E-state index in [4.69, 9.17) is 5.11 Å². The lowest BCUT2D eigenvalue weighted by atomic mass is 9.95. The van der Waals surface area contributed by atoms with Crippen LogP contribution in [0.15, 0.2) is 0 Å². The molecule has 2 atom stereocenters. The first-order valence-electron chi connectivity index (χ1n) is 6.39. The zero-order valence-corrected chi connectivity index (χ0v) is 11.9. The van der Waals surface area contributed by atoms with Crippen LogP contribution in [-0.2, 0) is 9.59 Å². The van der Waals surface area contributed by atoms with E-state index in [0.29, 0.717) is 6.42 Å². The molecule has 1 aliphatic rings. The summed E-state index contributed by atoms with van der Waals surface area (Å²) in [4.78, 5) is 27.0. The number of carboxylic acid groups (broad SMARTS) is 1. The lowest BCUT2D eigenvalue weighted by molar-refractivity contribution is -0.152. The van der Waals surface area contributed by atoms with Crippen molar-refractivity contribution in [3.05, 3.63) is 0 Å². The molecule has 0 saturated carbocycles. The average Bonchev–Trinajstić information content (AvgIpc) is 2.13. The van der Waals surface area contributed by atoms with Crippen LogP contribution in [0, 0.1) is 0 Å². The zero-order valence-electron chi connectivity index (χ0n) is 11.9. The normalized spacial score (nSPS) is 26.5. The van der Waals surface area contributed by atoms with E-state index in [2.05, 4.69) is 0 Å². The molecule has 1 aliphatic heterocycles. The number of hydrogen-bond donors (Lipinski definition) is 1. The van der Waals surface area contributed by atoms with Gasteiger partial charge in [-0.2, -0.15) is 0 Å². The smallest absolute Gasteiger partial charge is 0.303 e. The molecule has 0 bridgehead atoms. The van der Waals surface area contributed by atoms with Gasteiger partial charge in [0.25, 0.3) is 0 Å². The molecule has 0 aliphatic carbocycles. The first-order chi connectivity index (χ1) is 8.14. The second-order valence-electron chi connectivity index (χ2n) is 6.12. The van der Waals surface area contributed by atoms with Gasteiger partial charge in [0.2, 0.25) is 5.91 Å². The van der Waals surface area contributed by atoms with Crippen molar-refractivity contribution in [2.75, 3.05) is 13.6 Å². The van der Waals surface area contributed by atoms with E-state index in [0.717, 1.165) is 6.54 Å². The van der Waals surface area contributed by atoms with Crippen LogP contribution in [0.4, 0.5) is 0 Å². The Labute approximate surface area is 109 Å². The molecule has 0 aromatic carbocycles. The van der Waals surface area contributed by atoms with E-state index >= 15 is 0 Å². The molecular weight excluding hydrogens is 232 g/mol. The summed E-state index contributed by atoms with van der Waals surface area (Å²) in [6.07, 6.45) is 0.414. The van der Waals surface area contributed by atoms with Crippen molar-refractivity contribution in [3.63, 3.8) is 0 Å². The van der Waals surface area contributed by atoms with Crippen LogP contribution in [0.1, 0.15) is 40.5 Å². The maximum Gasteiger partial charge on any atom is 0.303 e. The Balaban J connectivity index is 2.85. The van der Waals surface area contributed by atoms with Crippen LogP contribution < -0.4 is 0 Å².